The van der Waals surface area contributed by atoms with E-state index in [4.69, 9.17) is 0 Å². The second-order valence-electron chi connectivity index (χ2n) is 4.25. The molecule has 0 bridgehead atoms. The lowest BCUT2D eigenvalue weighted by atomic mass is 10.1. The highest BCUT2D eigenvalue weighted by Gasteiger charge is 2.14. The van der Waals surface area contributed by atoms with Crippen LogP contribution in [0, 0.1) is 0 Å². The Labute approximate surface area is 108 Å². The van der Waals surface area contributed by atoms with Gasteiger partial charge < -0.3 is 10.0 Å². The van der Waals surface area contributed by atoms with E-state index in [0.717, 1.165) is 23.6 Å². The number of pyridine rings is 1. The highest BCUT2D eigenvalue weighted by atomic mass is 32.2. The van der Waals surface area contributed by atoms with Gasteiger partial charge >= 0.3 is 0 Å². The maximum atomic E-state index is 9.58. The van der Waals surface area contributed by atoms with Gasteiger partial charge in [-0.05, 0) is 37.3 Å². The molecule has 0 spiro atoms. The van der Waals surface area contributed by atoms with E-state index in [1.165, 1.54) is 0 Å². The second-order valence-corrected chi connectivity index (χ2v) is 5.16. The summed E-state index contributed by atoms with van der Waals surface area (Å²) in [4.78, 5) is 6.58. The van der Waals surface area contributed by atoms with Crippen LogP contribution in [0.15, 0.2) is 18.3 Å². The van der Waals surface area contributed by atoms with E-state index >= 15 is 0 Å². The van der Waals surface area contributed by atoms with Crippen molar-refractivity contribution in [2.75, 3.05) is 24.0 Å². The molecule has 0 aliphatic heterocycles. The first-order chi connectivity index (χ1) is 8.10. The summed E-state index contributed by atoms with van der Waals surface area (Å²) in [5.74, 6) is 2.03. The molecule has 1 aromatic heterocycles. The van der Waals surface area contributed by atoms with Gasteiger partial charge in [0.2, 0.25) is 0 Å². The summed E-state index contributed by atoms with van der Waals surface area (Å²) in [6, 6.07) is 4.31. The van der Waals surface area contributed by atoms with E-state index in [1.807, 2.05) is 23.9 Å². The summed E-state index contributed by atoms with van der Waals surface area (Å²) < 4.78 is 0. The van der Waals surface area contributed by atoms with Crippen LogP contribution in [-0.2, 0) is 0 Å². The molecule has 96 valence electrons. The quantitative estimate of drug-likeness (QED) is 0.847. The van der Waals surface area contributed by atoms with Crippen molar-refractivity contribution < 1.29 is 5.11 Å². The molecule has 4 heteroatoms. The third-order valence-corrected chi connectivity index (χ3v) is 3.71. The van der Waals surface area contributed by atoms with Crippen LogP contribution in [-0.4, -0.2) is 35.2 Å². The number of nitrogens with zero attached hydrogens (tertiary/aromatic N) is 2. The number of aliphatic hydroxyl groups is 1. The van der Waals surface area contributed by atoms with Crippen molar-refractivity contribution >= 4 is 17.6 Å². The molecule has 2 atom stereocenters. The molecule has 0 radical (unpaired) electrons. The van der Waals surface area contributed by atoms with E-state index in [9.17, 15) is 5.11 Å². The van der Waals surface area contributed by atoms with Crippen LogP contribution in [0.1, 0.15) is 31.9 Å². The van der Waals surface area contributed by atoms with Gasteiger partial charge in [-0.2, -0.15) is 11.8 Å². The number of rotatable bonds is 6. The van der Waals surface area contributed by atoms with E-state index < -0.39 is 6.10 Å². The topological polar surface area (TPSA) is 36.4 Å². The zero-order valence-electron chi connectivity index (χ0n) is 11.1. The van der Waals surface area contributed by atoms with Crippen molar-refractivity contribution in [2.24, 2.45) is 0 Å². The Morgan fingerprint density at radius 3 is 2.76 bits per heavy atom. The lowest BCUT2D eigenvalue weighted by molar-refractivity contribution is 0.199. The molecule has 1 rings (SSSR count). The van der Waals surface area contributed by atoms with Crippen molar-refractivity contribution in [3.8, 4) is 0 Å². The Morgan fingerprint density at radius 2 is 2.24 bits per heavy atom. The molecule has 1 unspecified atom stereocenters. The third-order valence-electron chi connectivity index (χ3n) is 2.99. The average Bonchev–Trinajstić information content (AvgIpc) is 2.35. The molecule has 0 aromatic carbocycles. The molecule has 0 fully saturated rings. The number of hydrogen-bond donors (Lipinski definition) is 1. The summed E-state index contributed by atoms with van der Waals surface area (Å²) in [7, 11) is 2.07. The van der Waals surface area contributed by atoms with Crippen LogP contribution < -0.4 is 4.90 Å². The molecule has 1 N–H and O–H groups in total. The molecule has 3 nitrogen and oxygen atoms in total. The SMILES string of the molecule is CCC(CSC)N(C)c1cc([C@@H](C)O)ccn1. The first-order valence-electron chi connectivity index (χ1n) is 5.95. The molecule has 0 amide bonds. The molecule has 0 saturated carbocycles. The molecular formula is C13H22N2OS. The molecule has 0 saturated heterocycles. The first kappa shape index (κ1) is 14.3. The monoisotopic (exact) mass is 254 g/mol. The molecule has 0 aliphatic carbocycles. The van der Waals surface area contributed by atoms with Gasteiger partial charge in [0.25, 0.3) is 0 Å². The smallest absolute Gasteiger partial charge is 0.128 e. The predicted molar refractivity (Wildman–Crippen MR) is 75.7 cm³/mol. The zero-order chi connectivity index (χ0) is 12.8. The van der Waals surface area contributed by atoms with Crippen LogP contribution >= 0.6 is 11.8 Å². The minimum absolute atomic E-state index is 0.439. The van der Waals surface area contributed by atoms with Crippen LogP contribution in [0.25, 0.3) is 0 Å². The maximum Gasteiger partial charge on any atom is 0.128 e. The minimum Gasteiger partial charge on any atom is -0.389 e. The predicted octanol–water partition coefficient (Wildman–Crippen LogP) is 2.71. The number of thioether (sulfide) groups is 1. The van der Waals surface area contributed by atoms with Gasteiger partial charge in [0.15, 0.2) is 0 Å². The Hall–Kier alpha value is -0.740. The van der Waals surface area contributed by atoms with E-state index in [0.29, 0.717) is 6.04 Å². The third kappa shape index (κ3) is 3.89. The zero-order valence-corrected chi connectivity index (χ0v) is 11.9. The summed E-state index contributed by atoms with van der Waals surface area (Å²) in [6.45, 7) is 3.97. The first-order valence-corrected chi connectivity index (χ1v) is 7.35. The van der Waals surface area contributed by atoms with Gasteiger partial charge in [-0.3, -0.25) is 0 Å². The fourth-order valence-corrected chi connectivity index (χ4v) is 2.61. The summed E-state index contributed by atoms with van der Waals surface area (Å²) in [5, 5.41) is 9.58. The van der Waals surface area contributed by atoms with Crippen LogP contribution in [0.3, 0.4) is 0 Å². The summed E-state index contributed by atoms with van der Waals surface area (Å²) in [6.07, 6.45) is 4.54. The second kappa shape index (κ2) is 6.87. The van der Waals surface area contributed by atoms with E-state index in [1.54, 1.807) is 13.1 Å². The van der Waals surface area contributed by atoms with Crippen molar-refractivity contribution in [3.63, 3.8) is 0 Å². The average molecular weight is 254 g/mol. The Kier molecular flexibility index (Phi) is 5.78. The van der Waals surface area contributed by atoms with Crippen molar-refractivity contribution in [2.45, 2.75) is 32.4 Å². The van der Waals surface area contributed by atoms with Gasteiger partial charge in [0, 0.05) is 25.0 Å². The maximum absolute atomic E-state index is 9.58. The van der Waals surface area contributed by atoms with Crippen LogP contribution in [0.5, 0.6) is 0 Å². The van der Waals surface area contributed by atoms with Crippen molar-refractivity contribution in [1.29, 1.82) is 0 Å². The number of hydrogen-bond acceptors (Lipinski definition) is 4. The number of aliphatic hydroxyl groups excluding tert-OH is 1. The van der Waals surface area contributed by atoms with E-state index in [2.05, 4.69) is 30.1 Å². The lowest BCUT2D eigenvalue weighted by Gasteiger charge is -2.28. The van der Waals surface area contributed by atoms with Crippen molar-refractivity contribution in [3.05, 3.63) is 23.9 Å². The molecule has 1 heterocycles. The summed E-state index contributed by atoms with van der Waals surface area (Å²) >= 11 is 1.85. The molecular weight excluding hydrogens is 232 g/mol. The Balaban J connectivity index is 2.86. The van der Waals surface area contributed by atoms with Gasteiger partial charge in [0.1, 0.15) is 5.82 Å². The normalized spacial score (nSPS) is 14.4. The number of aromatic nitrogens is 1. The van der Waals surface area contributed by atoms with Crippen LogP contribution in [0.4, 0.5) is 5.82 Å². The van der Waals surface area contributed by atoms with E-state index in [-0.39, 0.29) is 0 Å². The highest BCUT2D eigenvalue weighted by Crippen LogP contribution is 2.20. The lowest BCUT2D eigenvalue weighted by Crippen LogP contribution is -2.33. The van der Waals surface area contributed by atoms with Crippen LogP contribution in [0.2, 0.25) is 0 Å². The Morgan fingerprint density at radius 1 is 1.53 bits per heavy atom. The van der Waals surface area contributed by atoms with Gasteiger partial charge in [0.05, 0.1) is 6.10 Å². The standard InChI is InChI=1S/C13H22N2OS/c1-5-12(9-17-4)15(3)13-8-11(10(2)16)6-7-14-13/h6-8,10,12,16H,5,9H2,1-4H3/t10-,12?/m1/s1. The van der Waals surface area contributed by atoms with Gasteiger partial charge in [-0.25, -0.2) is 4.98 Å². The summed E-state index contributed by atoms with van der Waals surface area (Å²) in [5.41, 5.74) is 0.917. The van der Waals surface area contributed by atoms with Gasteiger partial charge in [-0.1, -0.05) is 6.92 Å². The molecule has 0 aliphatic rings. The minimum atomic E-state index is -0.439. The highest BCUT2D eigenvalue weighted by molar-refractivity contribution is 7.98. The fraction of sp³-hybridized carbons (Fsp3) is 0.615. The van der Waals surface area contributed by atoms with Gasteiger partial charge in [-0.15, -0.1) is 0 Å². The molecule has 17 heavy (non-hydrogen) atoms. The Bertz CT molecular complexity index is 344. The van der Waals surface area contributed by atoms with Crippen molar-refractivity contribution in [1.82, 2.24) is 4.98 Å². The number of anilines is 1. The largest absolute Gasteiger partial charge is 0.389 e. The molecule has 1 aromatic rings. The fourth-order valence-electron chi connectivity index (χ4n) is 1.77.